The standard InChI is InChI=1S/C19H24N2O2S/c1-13-9-10-14(2)16(11-13)21-19(24)20-15(3)12-23-18-8-6-5-7-17(18)22-4/h5-11,15H,12H2,1-4H3,(H2,20,21,24)/t15-/m0/s1. The first-order valence-electron chi connectivity index (χ1n) is 7.90. The lowest BCUT2D eigenvalue weighted by molar-refractivity contribution is 0.270. The molecule has 24 heavy (non-hydrogen) atoms. The van der Waals surface area contributed by atoms with E-state index in [1.807, 2.05) is 31.2 Å². The fraction of sp³-hybridized carbons (Fsp3) is 0.316. The Labute approximate surface area is 149 Å². The number of nitrogens with one attached hydrogen (secondary N) is 2. The summed E-state index contributed by atoms with van der Waals surface area (Å²) >= 11 is 5.39. The number of hydrogen-bond donors (Lipinski definition) is 2. The summed E-state index contributed by atoms with van der Waals surface area (Å²) < 4.78 is 11.1. The highest BCUT2D eigenvalue weighted by molar-refractivity contribution is 7.80. The van der Waals surface area contributed by atoms with Crippen LogP contribution in [0.2, 0.25) is 0 Å². The molecule has 0 fully saturated rings. The van der Waals surface area contributed by atoms with E-state index in [9.17, 15) is 0 Å². The minimum Gasteiger partial charge on any atom is -0.493 e. The van der Waals surface area contributed by atoms with Crippen LogP contribution in [0.4, 0.5) is 5.69 Å². The highest BCUT2D eigenvalue weighted by Gasteiger charge is 2.09. The van der Waals surface area contributed by atoms with Crippen molar-refractivity contribution in [1.82, 2.24) is 5.32 Å². The number of aryl methyl sites for hydroxylation is 2. The van der Waals surface area contributed by atoms with Crippen molar-refractivity contribution in [2.45, 2.75) is 26.8 Å². The highest BCUT2D eigenvalue weighted by atomic mass is 32.1. The van der Waals surface area contributed by atoms with Crippen molar-refractivity contribution in [2.75, 3.05) is 19.0 Å². The molecule has 5 heteroatoms. The Bertz CT molecular complexity index is 704. The van der Waals surface area contributed by atoms with Crippen LogP contribution in [-0.4, -0.2) is 24.9 Å². The summed E-state index contributed by atoms with van der Waals surface area (Å²) in [6, 6.07) is 13.9. The van der Waals surface area contributed by atoms with E-state index in [-0.39, 0.29) is 6.04 Å². The molecule has 4 nitrogen and oxygen atoms in total. The number of thiocarbonyl (C=S) groups is 1. The average Bonchev–Trinajstić information content (AvgIpc) is 2.56. The molecule has 1 atom stereocenters. The van der Waals surface area contributed by atoms with E-state index in [0.29, 0.717) is 11.7 Å². The van der Waals surface area contributed by atoms with Crippen LogP contribution in [0.15, 0.2) is 42.5 Å². The maximum Gasteiger partial charge on any atom is 0.171 e. The molecule has 2 rings (SSSR count). The predicted molar refractivity (Wildman–Crippen MR) is 103 cm³/mol. The molecular weight excluding hydrogens is 320 g/mol. The number of benzene rings is 2. The minimum atomic E-state index is 0.0556. The lowest BCUT2D eigenvalue weighted by atomic mass is 10.1. The molecule has 0 radical (unpaired) electrons. The molecule has 0 spiro atoms. The predicted octanol–water partition coefficient (Wildman–Crippen LogP) is 4.07. The maximum absolute atomic E-state index is 5.81. The van der Waals surface area contributed by atoms with Crippen molar-refractivity contribution in [3.05, 3.63) is 53.6 Å². The van der Waals surface area contributed by atoms with E-state index in [2.05, 4.69) is 42.7 Å². The van der Waals surface area contributed by atoms with Gasteiger partial charge in [-0.15, -0.1) is 0 Å². The first kappa shape index (κ1) is 18.1. The summed E-state index contributed by atoms with van der Waals surface area (Å²) in [7, 11) is 1.63. The van der Waals surface area contributed by atoms with Gasteiger partial charge in [-0.1, -0.05) is 24.3 Å². The minimum absolute atomic E-state index is 0.0556. The molecular formula is C19H24N2O2S. The van der Waals surface area contributed by atoms with Crippen LogP contribution in [0.3, 0.4) is 0 Å². The number of ether oxygens (including phenoxy) is 2. The van der Waals surface area contributed by atoms with Crippen molar-refractivity contribution in [1.29, 1.82) is 0 Å². The maximum atomic E-state index is 5.81. The van der Waals surface area contributed by atoms with Gasteiger partial charge in [-0.25, -0.2) is 0 Å². The van der Waals surface area contributed by atoms with Crippen molar-refractivity contribution >= 4 is 23.0 Å². The van der Waals surface area contributed by atoms with Crippen LogP contribution in [0, 0.1) is 13.8 Å². The molecule has 0 aliphatic heterocycles. The van der Waals surface area contributed by atoms with Gasteiger partial charge in [-0.3, -0.25) is 0 Å². The quantitative estimate of drug-likeness (QED) is 0.774. The summed E-state index contributed by atoms with van der Waals surface area (Å²) in [5, 5.41) is 7.06. The first-order valence-corrected chi connectivity index (χ1v) is 8.31. The van der Waals surface area contributed by atoms with Crippen molar-refractivity contribution in [2.24, 2.45) is 0 Å². The number of para-hydroxylation sites is 2. The van der Waals surface area contributed by atoms with Gasteiger partial charge in [0.1, 0.15) is 6.61 Å². The zero-order chi connectivity index (χ0) is 17.5. The molecule has 0 saturated carbocycles. The molecule has 128 valence electrons. The van der Waals surface area contributed by atoms with Gasteiger partial charge in [0, 0.05) is 5.69 Å². The molecule has 0 bridgehead atoms. The SMILES string of the molecule is COc1ccccc1OC[C@H](C)NC(=S)Nc1cc(C)ccc1C. The van der Waals surface area contributed by atoms with Crippen LogP contribution < -0.4 is 20.1 Å². The van der Waals surface area contributed by atoms with Gasteiger partial charge in [0.2, 0.25) is 0 Å². The van der Waals surface area contributed by atoms with E-state index in [0.717, 1.165) is 22.7 Å². The molecule has 0 aliphatic rings. The largest absolute Gasteiger partial charge is 0.493 e. The van der Waals surface area contributed by atoms with E-state index in [1.165, 1.54) is 5.56 Å². The third-order valence-corrected chi connectivity index (χ3v) is 3.80. The van der Waals surface area contributed by atoms with Crippen molar-refractivity contribution < 1.29 is 9.47 Å². The molecule has 0 amide bonds. The van der Waals surface area contributed by atoms with Gasteiger partial charge in [0.05, 0.1) is 13.2 Å². The lowest BCUT2D eigenvalue weighted by Gasteiger charge is -2.19. The summed E-state index contributed by atoms with van der Waals surface area (Å²) in [6.07, 6.45) is 0. The van der Waals surface area contributed by atoms with Crippen LogP contribution in [0.1, 0.15) is 18.1 Å². The van der Waals surface area contributed by atoms with E-state index in [4.69, 9.17) is 21.7 Å². The number of rotatable bonds is 6. The molecule has 0 aliphatic carbocycles. The average molecular weight is 344 g/mol. The first-order chi connectivity index (χ1) is 11.5. The summed E-state index contributed by atoms with van der Waals surface area (Å²) in [5.74, 6) is 1.45. The molecule has 2 N–H and O–H groups in total. The van der Waals surface area contributed by atoms with Crippen molar-refractivity contribution in [3.8, 4) is 11.5 Å². The van der Waals surface area contributed by atoms with Crippen LogP contribution in [0.25, 0.3) is 0 Å². The van der Waals surface area contributed by atoms with E-state index in [1.54, 1.807) is 7.11 Å². The van der Waals surface area contributed by atoms with Crippen molar-refractivity contribution in [3.63, 3.8) is 0 Å². The second-order valence-electron chi connectivity index (χ2n) is 5.78. The molecule has 2 aromatic rings. The Morgan fingerprint density at radius 2 is 1.83 bits per heavy atom. The molecule has 0 aromatic heterocycles. The molecule has 0 unspecified atom stereocenters. The highest BCUT2D eigenvalue weighted by Crippen LogP contribution is 2.25. The normalized spacial score (nSPS) is 11.5. The van der Waals surface area contributed by atoms with E-state index < -0.39 is 0 Å². The number of hydrogen-bond acceptors (Lipinski definition) is 3. The smallest absolute Gasteiger partial charge is 0.171 e. The Kier molecular flexibility index (Phi) is 6.44. The molecule has 0 saturated heterocycles. The summed E-state index contributed by atoms with van der Waals surface area (Å²) in [6.45, 7) is 6.62. The second-order valence-corrected chi connectivity index (χ2v) is 6.19. The van der Waals surface area contributed by atoms with Crippen LogP contribution in [-0.2, 0) is 0 Å². The van der Waals surface area contributed by atoms with Gasteiger partial charge in [-0.2, -0.15) is 0 Å². The third-order valence-electron chi connectivity index (χ3n) is 3.58. The van der Waals surface area contributed by atoms with Crippen LogP contribution >= 0.6 is 12.2 Å². The van der Waals surface area contributed by atoms with Crippen LogP contribution in [0.5, 0.6) is 11.5 Å². The van der Waals surface area contributed by atoms with E-state index >= 15 is 0 Å². The third kappa shape index (κ3) is 5.13. The molecule has 2 aromatic carbocycles. The fourth-order valence-corrected chi connectivity index (χ4v) is 2.56. The zero-order valence-corrected chi connectivity index (χ0v) is 15.4. The Hall–Kier alpha value is -2.27. The zero-order valence-electron chi connectivity index (χ0n) is 14.6. The Morgan fingerprint density at radius 1 is 1.12 bits per heavy atom. The van der Waals surface area contributed by atoms with Gasteiger partial charge >= 0.3 is 0 Å². The number of methoxy groups -OCH3 is 1. The number of anilines is 1. The summed E-state index contributed by atoms with van der Waals surface area (Å²) in [5.41, 5.74) is 3.37. The van der Waals surface area contributed by atoms with Gasteiger partial charge < -0.3 is 20.1 Å². The summed E-state index contributed by atoms with van der Waals surface area (Å²) in [4.78, 5) is 0. The Morgan fingerprint density at radius 3 is 2.54 bits per heavy atom. The second kappa shape index (κ2) is 8.55. The fourth-order valence-electron chi connectivity index (χ4n) is 2.25. The van der Waals surface area contributed by atoms with Gasteiger partial charge in [0.15, 0.2) is 16.6 Å². The lowest BCUT2D eigenvalue weighted by Crippen LogP contribution is -2.39. The monoisotopic (exact) mass is 344 g/mol. The Balaban J connectivity index is 1.86. The molecule has 0 heterocycles. The van der Waals surface area contributed by atoms with Gasteiger partial charge in [0.25, 0.3) is 0 Å². The van der Waals surface area contributed by atoms with Gasteiger partial charge in [-0.05, 0) is 62.3 Å². The topological polar surface area (TPSA) is 42.5 Å².